The van der Waals surface area contributed by atoms with Crippen LogP contribution in [0, 0.1) is 0 Å². The van der Waals surface area contributed by atoms with Gasteiger partial charge >= 0.3 is 0 Å². The van der Waals surface area contributed by atoms with Gasteiger partial charge in [0.1, 0.15) is 0 Å². The first kappa shape index (κ1) is 12.3. The fourth-order valence-electron chi connectivity index (χ4n) is 1.61. The molecule has 0 aromatic carbocycles. The standard InChI is InChI=1S/C12H22N2O/c1-14-9-6-7-12(14)11-13-8-4-2-3-5-10-15/h6-7,9,13,15H,2-5,8,10-11H2,1H3. The predicted octanol–water partition coefficient (Wildman–Crippen LogP) is 1.67. The average Bonchev–Trinajstić information content (AvgIpc) is 2.63. The normalized spacial score (nSPS) is 10.8. The fourth-order valence-corrected chi connectivity index (χ4v) is 1.61. The summed E-state index contributed by atoms with van der Waals surface area (Å²) in [5.41, 5.74) is 1.32. The molecule has 1 heterocycles. The van der Waals surface area contributed by atoms with E-state index in [0.717, 1.165) is 25.9 Å². The molecule has 0 saturated carbocycles. The Morgan fingerprint density at radius 2 is 2.07 bits per heavy atom. The Bertz CT molecular complexity index is 258. The van der Waals surface area contributed by atoms with Crippen molar-refractivity contribution in [2.45, 2.75) is 32.2 Å². The van der Waals surface area contributed by atoms with Crippen molar-refractivity contribution < 1.29 is 5.11 Å². The van der Waals surface area contributed by atoms with Gasteiger partial charge in [-0.2, -0.15) is 0 Å². The van der Waals surface area contributed by atoms with Gasteiger partial charge in [-0.25, -0.2) is 0 Å². The van der Waals surface area contributed by atoms with Gasteiger partial charge in [-0.05, 0) is 31.5 Å². The highest BCUT2D eigenvalue weighted by Gasteiger charge is 1.95. The van der Waals surface area contributed by atoms with Crippen LogP contribution in [0.1, 0.15) is 31.4 Å². The van der Waals surface area contributed by atoms with Gasteiger partial charge < -0.3 is 15.0 Å². The first-order valence-electron chi connectivity index (χ1n) is 5.76. The third kappa shape index (κ3) is 5.00. The minimum atomic E-state index is 0.330. The molecule has 0 aliphatic rings. The molecule has 3 nitrogen and oxygen atoms in total. The van der Waals surface area contributed by atoms with Crippen LogP contribution in [0.5, 0.6) is 0 Å². The molecule has 0 radical (unpaired) electrons. The van der Waals surface area contributed by atoms with Crippen LogP contribution in [0.25, 0.3) is 0 Å². The van der Waals surface area contributed by atoms with Gasteiger partial charge in [-0.1, -0.05) is 12.8 Å². The summed E-state index contributed by atoms with van der Waals surface area (Å²) in [5, 5.41) is 12.0. The lowest BCUT2D eigenvalue weighted by Crippen LogP contribution is -2.16. The monoisotopic (exact) mass is 210 g/mol. The second-order valence-corrected chi connectivity index (χ2v) is 3.93. The van der Waals surface area contributed by atoms with Gasteiger partial charge in [0.25, 0.3) is 0 Å². The smallest absolute Gasteiger partial charge is 0.0431 e. The zero-order valence-corrected chi connectivity index (χ0v) is 9.58. The number of aliphatic hydroxyl groups excluding tert-OH is 1. The van der Waals surface area contributed by atoms with Crippen molar-refractivity contribution in [3.63, 3.8) is 0 Å². The second kappa shape index (κ2) is 7.49. The van der Waals surface area contributed by atoms with Crippen LogP contribution < -0.4 is 5.32 Å². The summed E-state index contributed by atoms with van der Waals surface area (Å²) in [6, 6.07) is 4.21. The molecule has 0 aliphatic heterocycles. The molecule has 0 amide bonds. The zero-order valence-electron chi connectivity index (χ0n) is 9.58. The van der Waals surface area contributed by atoms with Crippen LogP contribution in [0.2, 0.25) is 0 Å². The highest BCUT2D eigenvalue weighted by Crippen LogP contribution is 2.00. The molecule has 2 N–H and O–H groups in total. The maximum absolute atomic E-state index is 8.61. The number of nitrogens with zero attached hydrogens (tertiary/aromatic N) is 1. The molecule has 3 heteroatoms. The number of hydrogen-bond acceptors (Lipinski definition) is 2. The van der Waals surface area contributed by atoms with E-state index < -0.39 is 0 Å². The van der Waals surface area contributed by atoms with E-state index >= 15 is 0 Å². The van der Waals surface area contributed by atoms with Crippen LogP contribution in [0.15, 0.2) is 18.3 Å². The first-order valence-corrected chi connectivity index (χ1v) is 5.76. The second-order valence-electron chi connectivity index (χ2n) is 3.93. The van der Waals surface area contributed by atoms with E-state index in [0.29, 0.717) is 6.61 Å². The van der Waals surface area contributed by atoms with E-state index in [1.165, 1.54) is 18.5 Å². The molecule has 0 atom stereocenters. The van der Waals surface area contributed by atoms with Crippen LogP contribution >= 0.6 is 0 Å². The van der Waals surface area contributed by atoms with Gasteiger partial charge in [-0.3, -0.25) is 0 Å². The van der Waals surface area contributed by atoms with Crippen molar-refractivity contribution in [3.05, 3.63) is 24.0 Å². The van der Waals surface area contributed by atoms with E-state index in [-0.39, 0.29) is 0 Å². The lowest BCUT2D eigenvalue weighted by Gasteiger charge is -2.05. The summed E-state index contributed by atoms with van der Waals surface area (Å²) < 4.78 is 2.14. The SMILES string of the molecule is Cn1cccc1CNCCCCCCO. The van der Waals surface area contributed by atoms with Crippen molar-refractivity contribution in [1.29, 1.82) is 0 Å². The van der Waals surface area contributed by atoms with Crippen LogP contribution in [0.3, 0.4) is 0 Å². The highest BCUT2D eigenvalue weighted by atomic mass is 16.2. The van der Waals surface area contributed by atoms with Crippen molar-refractivity contribution in [2.24, 2.45) is 7.05 Å². The first-order chi connectivity index (χ1) is 7.34. The number of unbranched alkanes of at least 4 members (excludes halogenated alkanes) is 3. The Kier molecular flexibility index (Phi) is 6.12. The predicted molar refractivity (Wildman–Crippen MR) is 62.7 cm³/mol. The van der Waals surface area contributed by atoms with Gasteiger partial charge in [-0.15, -0.1) is 0 Å². The number of aryl methyl sites for hydroxylation is 1. The summed E-state index contributed by atoms with van der Waals surface area (Å²) in [6.45, 7) is 2.34. The molecule has 86 valence electrons. The van der Waals surface area contributed by atoms with Crippen LogP contribution in [0.4, 0.5) is 0 Å². The van der Waals surface area contributed by atoms with Crippen LogP contribution in [-0.2, 0) is 13.6 Å². The molecular formula is C12H22N2O. The number of hydrogen-bond donors (Lipinski definition) is 2. The Hall–Kier alpha value is -0.800. The van der Waals surface area contributed by atoms with Gasteiger partial charge in [0, 0.05) is 32.1 Å². The number of rotatable bonds is 8. The Morgan fingerprint density at radius 3 is 2.73 bits per heavy atom. The molecule has 0 bridgehead atoms. The quantitative estimate of drug-likeness (QED) is 0.640. The van der Waals surface area contributed by atoms with Crippen molar-refractivity contribution in [3.8, 4) is 0 Å². The number of aromatic nitrogens is 1. The maximum Gasteiger partial charge on any atom is 0.0431 e. The number of nitrogens with one attached hydrogen (secondary N) is 1. The summed E-state index contributed by atoms with van der Waals surface area (Å²) in [5.74, 6) is 0. The lowest BCUT2D eigenvalue weighted by atomic mass is 10.2. The molecule has 1 aromatic heterocycles. The van der Waals surface area contributed by atoms with E-state index in [9.17, 15) is 0 Å². The van der Waals surface area contributed by atoms with Crippen molar-refractivity contribution in [1.82, 2.24) is 9.88 Å². The van der Waals surface area contributed by atoms with Crippen molar-refractivity contribution >= 4 is 0 Å². The van der Waals surface area contributed by atoms with E-state index in [1.54, 1.807) is 0 Å². The third-order valence-corrected chi connectivity index (χ3v) is 2.62. The summed E-state index contributed by atoms with van der Waals surface area (Å²) in [6.07, 6.45) is 6.56. The lowest BCUT2D eigenvalue weighted by molar-refractivity contribution is 0.282. The van der Waals surface area contributed by atoms with E-state index in [2.05, 4.69) is 35.3 Å². The Labute approximate surface area is 92.1 Å². The van der Waals surface area contributed by atoms with Gasteiger partial charge in [0.15, 0.2) is 0 Å². The molecule has 0 saturated heterocycles. The molecule has 0 aliphatic carbocycles. The maximum atomic E-state index is 8.61. The molecule has 15 heavy (non-hydrogen) atoms. The van der Waals surface area contributed by atoms with Crippen molar-refractivity contribution in [2.75, 3.05) is 13.2 Å². The molecule has 1 aromatic rings. The molecular weight excluding hydrogens is 188 g/mol. The van der Waals surface area contributed by atoms with Crippen LogP contribution in [-0.4, -0.2) is 22.8 Å². The zero-order chi connectivity index (χ0) is 10.9. The highest BCUT2D eigenvalue weighted by molar-refractivity contribution is 5.05. The third-order valence-electron chi connectivity index (χ3n) is 2.62. The molecule has 0 unspecified atom stereocenters. The summed E-state index contributed by atoms with van der Waals surface area (Å²) in [4.78, 5) is 0. The molecule has 0 fully saturated rings. The van der Waals surface area contributed by atoms with E-state index in [4.69, 9.17) is 5.11 Å². The Balaban J connectivity index is 1.96. The molecule has 0 spiro atoms. The summed E-state index contributed by atoms with van der Waals surface area (Å²) >= 11 is 0. The van der Waals surface area contributed by atoms with Gasteiger partial charge in [0.2, 0.25) is 0 Å². The molecule has 1 rings (SSSR count). The summed E-state index contributed by atoms with van der Waals surface area (Å²) in [7, 11) is 2.07. The largest absolute Gasteiger partial charge is 0.396 e. The van der Waals surface area contributed by atoms with E-state index in [1.807, 2.05) is 0 Å². The Morgan fingerprint density at radius 1 is 1.27 bits per heavy atom. The number of aliphatic hydroxyl groups is 1. The average molecular weight is 210 g/mol. The minimum absolute atomic E-state index is 0.330. The van der Waals surface area contributed by atoms with Gasteiger partial charge in [0.05, 0.1) is 0 Å². The minimum Gasteiger partial charge on any atom is -0.396 e. The topological polar surface area (TPSA) is 37.2 Å². The fraction of sp³-hybridized carbons (Fsp3) is 0.667.